The molecule has 4 N–H and O–H groups in total. The van der Waals surface area contributed by atoms with Crippen molar-refractivity contribution in [2.24, 2.45) is 28.6 Å². The monoisotopic (exact) mass is 225 g/mol. The molecule has 0 radical (unpaired) electrons. The maximum atomic E-state index is 8.61. The molecule has 4 nitrogen and oxygen atoms in total. The van der Waals surface area contributed by atoms with Gasteiger partial charge in [0.1, 0.15) is 0 Å². The second-order valence-corrected chi connectivity index (χ2v) is 5.54. The van der Waals surface area contributed by atoms with Crippen molar-refractivity contribution in [3.05, 3.63) is 0 Å². The number of hydrogen-bond acceptors (Lipinski definition) is 3. The fraction of sp³-hybridized carbons (Fsp3) is 0.917. The highest BCUT2D eigenvalue weighted by atomic mass is 16.4. The van der Waals surface area contributed by atoms with E-state index in [1.807, 2.05) is 6.92 Å². The van der Waals surface area contributed by atoms with Gasteiger partial charge in [-0.05, 0) is 50.9 Å². The summed E-state index contributed by atoms with van der Waals surface area (Å²) < 4.78 is 0. The number of nitrogens with zero attached hydrogens (tertiary/aromatic N) is 1. The minimum absolute atomic E-state index is 0.0425. The van der Waals surface area contributed by atoms with Gasteiger partial charge in [-0.15, -0.1) is 0 Å². The number of oxime groups is 1. The van der Waals surface area contributed by atoms with Crippen LogP contribution in [0, 0.1) is 17.8 Å². The number of rotatable bonds is 4. The van der Waals surface area contributed by atoms with Crippen LogP contribution in [0.4, 0.5) is 0 Å². The molecule has 0 saturated heterocycles. The highest BCUT2D eigenvalue weighted by Crippen LogP contribution is 2.49. The van der Waals surface area contributed by atoms with Crippen molar-refractivity contribution >= 4 is 5.84 Å². The summed E-state index contributed by atoms with van der Waals surface area (Å²) in [6.07, 6.45) is 5.62. The van der Waals surface area contributed by atoms with Crippen LogP contribution in [-0.2, 0) is 0 Å². The number of fused-ring (bicyclic) bond motifs is 2. The summed E-state index contributed by atoms with van der Waals surface area (Å²) in [5.74, 6) is 2.94. The molecule has 0 aromatic rings. The van der Waals surface area contributed by atoms with Gasteiger partial charge in [0.25, 0.3) is 0 Å². The van der Waals surface area contributed by atoms with E-state index in [0.717, 1.165) is 17.8 Å². The van der Waals surface area contributed by atoms with Crippen LogP contribution in [0.15, 0.2) is 5.16 Å². The average Bonchev–Trinajstić information content (AvgIpc) is 2.89. The summed E-state index contributed by atoms with van der Waals surface area (Å²) in [5, 5.41) is 15.1. The smallest absolute Gasteiger partial charge is 0.156 e. The molecule has 2 rings (SSSR count). The minimum Gasteiger partial charge on any atom is -0.409 e. The maximum absolute atomic E-state index is 8.61. The van der Waals surface area contributed by atoms with E-state index in [2.05, 4.69) is 17.4 Å². The molecular formula is C12H23N3O. The molecule has 2 saturated carbocycles. The van der Waals surface area contributed by atoms with E-state index in [1.54, 1.807) is 0 Å². The highest BCUT2D eigenvalue weighted by Gasteiger charge is 2.41. The molecule has 2 fully saturated rings. The Labute approximate surface area is 97.3 Å². The largest absolute Gasteiger partial charge is 0.409 e. The molecule has 0 spiro atoms. The van der Waals surface area contributed by atoms with Crippen molar-refractivity contribution in [2.75, 3.05) is 0 Å². The number of nitrogens with two attached hydrogens (primary N) is 1. The Bertz CT molecular complexity index is 279. The van der Waals surface area contributed by atoms with E-state index in [0.29, 0.717) is 6.04 Å². The Balaban J connectivity index is 1.86. The third kappa shape index (κ3) is 2.17. The van der Waals surface area contributed by atoms with Crippen LogP contribution in [0.1, 0.15) is 39.5 Å². The summed E-state index contributed by atoms with van der Waals surface area (Å²) >= 11 is 0. The predicted molar refractivity (Wildman–Crippen MR) is 64.4 cm³/mol. The number of amidine groups is 1. The highest BCUT2D eigenvalue weighted by molar-refractivity contribution is 5.84. The number of hydrogen-bond donors (Lipinski definition) is 3. The van der Waals surface area contributed by atoms with Gasteiger partial charge < -0.3 is 16.3 Å². The zero-order valence-corrected chi connectivity index (χ0v) is 10.2. The summed E-state index contributed by atoms with van der Waals surface area (Å²) in [6, 6.07) is 0.421. The van der Waals surface area contributed by atoms with Crippen molar-refractivity contribution < 1.29 is 5.21 Å². The van der Waals surface area contributed by atoms with E-state index >= 15 is 0 Å². The standard InChI is InChI=1S/C12H23N3O/c1-7(14-8(2)12(13)15-16)11-6-9-3-4-10(11)5-9/h7-11,14,16H,3-6H2,1-2H3,(H2,13,15). The SMILES string of the molecule is CC(NC(C)C1CC2CCC1C2)C(N)=NO. The molecular weight excluding hydrogens is 202 g/mol. The van der Waals surface area contributed by atoms with Crippen LogP contribution < -0.4 is 11.1 Å². The lowest BCUT2D eigenvalue weighted by molar-refractivity contribution is 0.255. The van der Waals surface area contributed by atoms with Gasteiger partial charge in [0.2, 0.25) is 0 Å². The molecule has 5 atom stereocenters. The fourth-order valence-electron chi connectivity index (χ4n) is 3.60. The molecule has 2 aliphatic rings. The Morgan fingerprint density at radius 1 is 1.38 bits per heavy atom. The van der Waals surface area contributed by atoms with E-state index in [4.69, 9.17) is 10.9 Å². The lowest BCUT2D eigenvalue weighted by atomic mass is 9.84. The van der Waals surface area contributed by atoms with Crippen LogP contribution in [-0.4, -0.2) is 23.1 Å². The van der Waals surface area contributed by atoms with Crippen molar-refractivity contribution in [2.45, 2.75) is 51.6 Å². The molecule has 0 aliphatic heterocycles. The number of nitrogens with one attached hydrogen (secondary N) is 1. The molecule has 0 aromatic carbocycles. The first kappa shape index (κ1) is 11.7. The second kappa shape index (κ2) is 4.62. The lowest BCUT2D eigenvalue weighted by Crippen LogP contribution is -2.47. The van der Waals surface area contributed by atoms with Crippen molar-refractivity contribution in [3.8, 4) is 0 Å². The van der Waals surface area contributed by atoms with Crippen LogP contribution in [0.5, 0.6) is 0 Å². The van der Waals surface area contributed by atoms with Gasteiger partial charge >= 0.3 is 0 Å². The Kier molecular flexibility index (Phi) is 3.38. The Morgan fingerprint density at radius 3 is 2.62 bits per heavy atom. The molecule has 16 heavy (non-hydrogen) atoms. The van der Waals surface area contributed by atoms with Crippen LogP contribution in [0.2, 0.25) is 0 Å². The van der Waals surface area contributed by atoms with Crippen molar-refractivity contribution in [3.63, 3.8) is 0 Å². The predicted octanol–water partition coefficient (Wildman–Crippen LogP) is 1.54. The third-order valence-corrected chi connectivity index (χ3v) is 4.51. The summed E-state index contributed by atoms with van der Waals surface area (Å²) in [7, 11) is 0. The lowest BCUT2D eigenvalue weighted by Gasteiger charge is -2.30. The van der Waals surface area contributed by atoms with E-state index in [-0.39, 0.29) is 11.9 Å². The molecule has 4 heteroatoms. The average molecular weight is 225 g/mol. The molecule has 5 unspecified atom stereocenters. The molecule has 0 amide bonds. The van der Waals surface area contributed by atoms with Crippen LogP contribution in [0.3, 0.4) is 0 Å². The van der Waals surface area contributed by atoms with E-state index < -0.39 is 0 Å². The summed E-state index contributed by atoms with van der Waals surface area (Å²) in [4.78, 5) is 0. The van der Waals surface area contributed by atoms with Gasteiger partial charge in [0.15, 0.2) is 5.84 Å². The van der Waals surface area contributed by atoms with Gasteiger partial charge in [-0.3, -0.25) is 0 Å². The first-order chi connectivity index (χ1) is 7.61. The van der Waals surface area contributed by atoms with Crippen LogP contribution >= 0.6 is 0 Å². The summed E-state index contributed by atoms with van der Waals surface area (Å²) in [6.45, 7) is 4.17. The van der Waals surface area contributed by atoms with Gasteiger partial charge in [0, 0.05) is 6.04 Å². The van der Waals surface area contributed by atoms with Gasteiger partial charge in [0.05, 0.1) is 6.04 Å². The molecule has 0 aromatic heterocycles. The Hall–Kier alpha value is -0.770. The minimum atomic E-state index is -0.0425. The molecule has 92 valence electrons. The van der Waals surface area contributed by atoms with Gasteiger partial charge in [-0.2, -0.15) is 0 Å². The first-order valence-corrected chi connectivity index (χ1v) is 6.35. The van der Waals surface area contributed by atoms with Gasteiger partial charge in [-0.1, -0.05) is 11.6 Å². The van der Waals surface area contributed by atoms with E-state index in [9.17, 15) is 0 Å². The van der Waals surface area contributed by atoms with Gasteiger partial charge in [-0.25, -0.2) is 0 Å². The Morgan fingerprint density at radius 2 is 2.12 bits per heavy atom. The zero-order chi connectivity index (χ0) is 11.7. The topological polar surface area (TPSA) is 70.6 Å². The quantitative estimate of drug-likeness (QED) is 0.294. The van der Waals surface area contributed by atoms with Crippen molar-refractivity contribution in [1.82, 2.24) is 5.32 Å². The fourth-order valence-corrected chi connectivity index (χ4v) is 3.60. The molecule has 2 aliphatic carbocycles. The molecule has 2 bridgehead atoms. The molecule has 0 heterocycles. The normalized spacial score (nSPS) is 37.6. The third-order valence-electron chi connectivity index (χ3n) is 4.51. The second-order valence-electron chi connectivity index (χ2n) is 5.54. The first-order valence-electron chi connectivity index (χ1n) is 6.35. The van der Waals surface area contributed by atoms with Crippen molar-refractivity contribution in [1.29, 1.82) is 0 Å². The summed E-state index contributed by atoms with van der Waals surface area (Å²) in [5.41, 5.74) is 5.58. The van der Waals surface area contributed by atoms with Crippen LogP contribution in [0.25, 0.3) is 0 Å². The zero-order valence-electron chi connectivity index (χ0n) is 10.2. The maximum Gasteiger partial charge on any atom is 0.156 e. The van der Waals surface area contributed by atoms with E-state index in [1.165, 1.54) is 25.7 Å².